The third-order valence-electron chi connectivity index (χ3n) is 4.10. The van der Waals surface area contributed by atoms with Crippen LogP contribution in [0.25, 0.3) is 0 Å². The summed E-state index contributed by atoms with van der Waals surface area (Å²) in [4.78, 5) is 0. The molecule has 0 saturated carbocycles. The number of aryl methyl sites for hydroxylation is 4. The molecule has 25 heavy (non-hydrogen) atoms. The number of rotatable bonds is 0. The first-order chi connectivity index (χ1) is 9.82. The van der Waals surface area contributed by atoms with Crippen LogP contribution >= 0.6 is 0 Å². The minimum absolute atomic E-state index is 0. The standard InChI is InChI=1S/2C11H17.2ClH.Hf/c2*1-8-6-9(2)10(7-8)11(3,4)5;;;/h2*6-7H,1-5H3;2*1H;/q2*-1;;;+4/p-2. The van der Waals surface area contributed by atoms with Gasteiger partial charge in [0.15, 0.2) is 0 Å². The summed E-state index contributed by atoms with van der Waals surface area (Å²) in [5.41, 5.74) is 9.19. The molecule has 0 spiro atoms. The zero-order valence-corrected chi connectivity index (χ0v) is 22.7. The molecule has 0 aliphatic rings. The number of halogens is 2. The van der Waals surface area contributed by atoms with E-state index in [1.165, 1.54) is 33.4 Å². The molecule has 3 heteroatoms. The van der Waals surface area contributed by atoms with Gasteiger partial charge < -0.3 is 24.8 Å². The van der Waals surface area contributed by atoms with E-state index in [9.17, 15) is 0 Å². The van der Waals surface area contributed by atoms with Crippen molar-refractivity contribution in [2.75, 3.05) is 0 Å². The quantitative estimate of drug-likeness (QED) is 0.336. The summed E-state index contributed by atoms with van der Waals surface area (Å²) < 4.78 is 0. The van der Waals surface area contributed by atoms with Gasteiger partial charge in [-0.1, -0.05) is 80.1 Å². The molecule has 0 aromatic heterocycles. The monoisotopic (exact) mass is 548 g/mol. The van der Waals surface area contributed by atoms with Crippen LogP contribution in [0, 0.1) is 27.7 Å². The van der Waals surface area contributed by atoms with Crippen LogP contribution in [0.1, 0.15) is 74.9 Å². The molecule has 0 unspecified atom stereocenters. The van der Waals surface area contributed by atoms with Crippen molar-refractivity contribution in [3.05, 3.63) is 57.6 Å². The van der Waals surface area contributed by atoms with E-state index in [0.717, 1.165) is 0 Å². The van der Waals surface area contributed by atoms with Gasteiger partial charge in [-0.2, -0.15) is 45.5 Å². The molecule has 0 saturated heterocycles. The SMILES string of the molecule is Cc1cc(C(C)(C)C)c(C)[cH-]1.Cc1cc(C(C)(C)C)c(C)[cH-]1.[Cl-].[Cl-].[Hf+4]. The van der Waals surface area contributed by atoms with Crippen LogP contribution in [0.2, 0.25) is 0 Å². The second-order valence-electron chi connectivity index (χ2n) is 8.76. The first-order valence-corrected chi connectivity index (χ1v) is 8.31. The second kappa shape index (κ2) is 11.1. The predicted octanol–water partition coefficient (Wildman–Crippen LogP) is 0.645. The largest absolute Gasteiger partial charge is 4.00 e. The van der Waals surface area contributed by atoms with Gasteiger partial charge in [-0.25, -0.2) is 12.1 Å². The molecule has 0 N–H and O–H groups in total. The minimum Gasteiger partial charge on any atom is -1.00 e. The molecule has 0 heterocycles. The van der Waals surface area contributed by atoms with Crippen LogP contribution in [-0.4, -0.2) is 0 Å². The maximum Gasteiger partial charge on any atom is 4.00 e. The Kier molecular flexibility index (Phi) is 13.3. The molecule has 0 fully saturated rings. The topological polar surface area (TPSA) is 0 Å². The maximum absolute atomic E-state index is 2.29. The third kappa shape index (κ3) is 9.07. The Morgan fingerprint density at radius 1 is 0.600 bits per heavy atom. The Hall–Kier alpha value is 0.150. The molecule has 2 aromatic rings. The summed E-state index contributed by atoms with van der Waals surface area (Å²) >= 11 is 0. The first-order valence-electron chi connectivity index (χ1n) is 8.31. The van der Waals surface area contributed by atoms with Crippen LogP contribution in [0.5, 0.6) is 0 Å². The molecule has 0 nitrogen and oxygen atoms in total. The zero-order valence-electron chi connectivity index (χ0n) is 17.6. The van der Waals surface area contributed by atoms with E-state index in [1.54, 1.807) is 0 Å². The summed E-state index contributed by atoms with van der Waals surface area (Å²) in [6, 6.07) is 9.08. The molecule has 0 aliphatic carbocycles. The van der Waals surface area contributed by atoms with Crippen molar-refractivity contribution in [3.63, 3.8) is 0 Å². The maximum atomic E-state index is 2.29. The van der Waals surface area contributed by atoms with Crippen molar-refractivity contribution in [3.8, 4) is 0 Å². The summed E-state index contributed by atoms with van der Waals surface area (Å²) in [6.07, 6.45) is 0. The first kappa shape index (κ1) is 29.9. The van der Waals surface area contributed by atoms with E-state index in [2.05, 4.69) is 93.5 Å². The minimum atomic E-state index is 0. The fraction of sp³-hybridized carbons (Fsp3) is 0.545. The zero-order chi connectivity index (χ0) is 17.3. The van der Waals surface area contributed by atoms with Crippen molar-refractivity contribution in [1.82, 2.24) is 0 Å². The molecule has 0 aliphatic heterocycles. The fourth-order valence-electron chi connectivity index (χ4n) is 3.22. The third-order valence-corrected chi connectivity index (χ3v) is 4.10. The Morgan fingerprint density at radius 2 is 0.840 bits per heavy atom. The molecule has 0 atom stereocenters. The molecule has 2 aromatic carbocycles. The molecular formula is C22H34Cl2Hf. The predicted molar refractivity (Wildman–Crippen MR) is 100 cm³/mol. The van der Waals surface area contributed by atoms with Gasteiger partial charge >= 0.3 is 25.8 Å². The van der Waals surface area contributed by atoms with Gasteiger partial charge in [0, 0.05) is 0 Å². The van der Waals surface area contributed by atoms with E-state index in [4.69, 9.17) is 0 Å². The van der Waals surface area contributed by atoms with Crippen molar-refractivity contribution >= 4 is 0 Å². The van der Waals surface area contributed by atoms with Crippen molar-refractivity contribution < 1.29 is 50.7 Å². The van der Waals surface area contributed by atoms with Gasteiger partial charge in [-0.05, 0) is 0 Å². The number of hydrogen-bond acceptors (Lipinski definition) is 0. The Bertz CT molecular complexity index is 563. The van der Waals surface area contributed by atoms with Gasteiger partial charge in [-0.3, -0.25) is 0 Å². The Labute approximate surface area is 187 Å². The summed E-state index contributed by atoms with van der Waals surface area (Å²) in [7, 11) is 0. The van der Waals surface area contributed by atoms with Gasteiger partial charge in [-0.15, -0.1) is 0 Å². The van der Waals surface area contributed by atoms with Gasteiger partial charge in [0.1, 0.15) is 0 Å². The fourth-order valence-corrected chi connectivity index (χ4v) is 3.22. The van der Waals surface area contributed by atoms with Gasteiger partial charge in [0.25, 0.3) is 0 Å². The van der Waals surface area contributed by atoms with Gasteiger partial charge in [0.2, 0.25) is 0 Å². The summed E-state index contributed by atoms with van der Waals surface area (Å²) in [5, 5.41) is 0. The van der Waals surface area contributed by atoms with Crippen molar-refractivity contribution in [2.24, 2.45) is 0 Å². The molecule has 0 bridgehead atoms. The average Bonchev–Trinajstić information content (AvgIpc) is 2.80. The summed E-state index contributed by atoms with van der Waals surface area (Å²) in [6.45, 7) is 22.2. The molecule has 0 radical (unpaired) electrons. The van der Waals surface area contributed by atoms with E-state index in [0.29, 0.717) is 10.8 Å². The van der Waals surface area contributed by atoms with Crippen LogP contribution < -0.4 is 24.8 Å². The molecule has 2 rings (SSSR count). The summed E-state index contributed by atoms with van der Waals surface area (Å²) in [5.74, 6) is 0. The molecule has 140 valence electrons. The average molecular weight is 548 g/mol. The van der Waals surface area contributed by atoms with Crippen molar-refractivity contribution in [2.45, 2.75) is 80.1 Å². The van der Waals surface area contributed by atoms with Gasteiger partial charge in [0.05, 0.1) is 0 Å². The smallest absolute Gasteiger partial charge is 1.00 e. The van der Waals surface area contributed by atoms with E-state index in [1.807, 2.05) is 0 Å². The van der Waals surface area contributed by atoms with E-state index >= 15 is 0 Å². The Balaban J connectivity index is -0.000000346. The normalized spacial score (nSPS) is 10.6. The molecular weight excluding hydrogens is 514 g/mol. The van der Waals surface area contributed by atoms with E-state index in [-0.39, 0.29) is 50.7 Å². The number of hydrogen-bond donors (Lipinski definition) is 0. The van der Waals surface area contributed by atoms with Crippen molar-refractivity contribution in [1.29, 1.82) is 0 Å². The second-order valence-corrected chi connectivity index (χ2v) is 8.76. The van der Waals surface area contributed by atoms with Crippen LogP contribution in [0.15, 0.2) is 24.3 Å². The van der Waals surface area contributed by atoms with Crippen LogP contribution in [0.4, 0.5) is 0 Å². The van der Waals surface area contributed by atoms with E-state index < -0.39 is 0 Å². The van der Waals surface area contributed by atoms with Crippen LogP contribution in [-0.2, 0) is 36.7 Å². The van der Waals surface area contributed by atoms with Crippen LogP contribution in [0.3, 0.4) is 0 Å². The Morgan fingerprint density at radius 3 is 0.920 bits per heavy atom. The molecule has 0 amide bonds.